The summed E-state index contributed by atoms with van der Waals surface area (Å²) in [5.74, 6) is -2.85. The molecule has 0 bridgehead atoms. The van der Waals surface area contributed by atoms with Crippen LogP contribution in [0.25, 0.3) is 0 Å². The van der Waals surface area contributed by atoms with E-state index in [-0.39, 0.29) is 16.7 Å². The average Bonchev–Trinajstić information content (AvgIpc) is 3.34. The van der Waals surface area contributed by atoms with Gasteiger partial charge in [-0.15, -0.1) is 5.10 Å². The Balaban J connectivity index is 1.53. The van der Waals surface area contributed by atoms with E-state index in [0.29, 0.717) is 23.4 Å². The van der Waals surface area contributed by atoms with Crippen molar-refractivity contribution in [2.45, 2.75) is 36.1 Å². The van der Waals surface area contributed by atoms with Gasteiger partial charge >= 0.3 is 5.97 Å². The first kappa shape index (κ1) is 21.1. The van der Waals surface area contributed by atoms with Crippen molar-refractivity contribution in [3.05, 3.63) is 22.1 Å². The number of thioether (sulfide) groups is 1. The van der Waals surface area contributed by atoms with Crippen molar-refractivity contribution in [3.63, 3.8) is 0 Å². The molecule has 0 saturated carbocycles. The predicted octanol–water partition coefficient (Wildman–Crippen LogP) is 0.0364. The number of carboxylic acid groups (broad SMARTS) is 1. The van der Waals surface area contributed by atoms with Crippen molar-refractivity contribution < 1.29 is 24.7 Å². The summed E-state index contributed by atoms with van der Waals surface area (Å²) in [6, 6.07) is -1.51. The summed E-state index contributed by atoms with van der Waals surface area (Å²) < 4.78 is 8.40. The van der Waals surface area contributed by atoms with Gasteiger partial charge in [-0.3, -0.25) is 14.5 Å². The molecule has 2 amide bonds. The summed E-state index contributed by atoms with van der Waals surface area (Å²) in [5, 5.41) is 28.3. The smallest absolute Gasteiger partial charge is 0.353 e. The third kappa shape index (κ3) is 3.72. The minimum atomic E-state index is -1.24. The zero-order valence-corrected chi connectivity index (χ0v) is 18.1. The lowest BCUT2D eigenvalue weighted by Crippen LogP contribution is -2.72. The number of aryl methyl sites for hydroxylation is 1. The molecule has 1 saturated heterocycles. The van der Waals surface area contributed by atoms with Gasteiger partial charge in [-0.1, -0.05) is 21.4 Å². The number of hydrogen-bond donors (Lipinski definition) is 4. The second kappa shape index (κ2) is 8.20. The number of carbonyl (C=O) groups excluding carboxylic acids is 2. The number of allylic oxidation sites excluding steroid dienone is 1. The van der Waals surface area contributed by atoms with Gasteiger partial charge in [0.2, 0.25) is 11.5 Å². The van der Waals surface area contributed by atoms with Crippen LogP contribution in [0.15, 0.2) is 20.0 Å². The first-order valence-electron chi connectivity index (χ1n) is 8.70. The van der Waals surface area contributed by atoms with E-state index < -0.39 is 35.6 Å². The predicted molar refractivity (Wildman–Crippen MR) is 110 cm³/mol. The third-order valence-electron chi connectivity index (χ3n) is 4.68. The quantitative estimate of drug-likeness (QED) is 0.188. The van der Waals surface area contributed by atoms with Crippen LogP contribution in [0.3, 0.4) is 0 Å². The molecule has 2 aliphatic heterocycles. The largest absolute Gasteiger partial charge is 0.477 e. The fraction of sp³-hybridized carbons (Fsp3) is 0.333. The highest BCUT2D eigenvalue weighted by Crippen LogP contribution is 2.44. The number of aliphatic carboxylic acids is 1. The van der Waals surface area contributed by atoms with Crippen LogP contribution in [-0.4, -0.2) is 69.7 Å². The second-order valence-corrected chi connectivity index (χ2v) is 9.40. The van der Waals surface area contributed by atoms with Crippen LogP contribution in [0.2, 0.25) is 0 Å². The second-order valence-electron chi connectivity index (χ2n) is 6.50. The van der Waals surface area contributed by atoms with E-state index in [0.717, 1.165) is 27.3 Å². The highest BCUT2D eigenvalue weighted by Gasteiger charge is 2.54. The molecule has 5 N–H and O–H groups in total. The number of β-lactam (4-membered cyclic amide) rings is 1. The molecule has 162 valence electrons. The van der Waals surface area contributed by atoms with Crippen molar-refractivity contribution in [1.82, 2.24) is 29.2 Å². The van der Waals surface area contributed by atoms with E-state index in [1.54, 1.807) is 6.92 Å². The number of nitrogens with one attached hydrogen (secondary N) is 1. The number of nitrogens with zero attached hydrogens (tertiary/aromatic N) is 6. The Hall–Kier alpha value is -3.11. The third-order valence-corrected chi connectivity index (χ3v) is 7.44. The van der Waals surface area contributed by atoms with Crippen molar-refractivity contribution in [3.8, 4) is 0 Å². The molecule has 0 unspecified atom stereocenters. The monoisotopic (exact) mass is 482 g/mol. The lowest BCUT2D eigenvalue weighted by molar-refractivity contribution is -0.155. The van der Waals surface area contributed by atoms with Crippen LogP contribution in [0.1, 0.15) is 24.4 Å². The van der Waals surface area contributed by atoms with Crippen LogP contribution in [0.4, 0.5) is 5.13 Å². The average molecular weight is 483 g/mol. The molecule has 2 aromatic heterocycles. The molecule has 0 aliphatic carbocycles. The van der Waals surface area contributed by atoms with Gasteiger partial charge < -0.3 is 21.4 Å². The summed E-state index contributed by atoms with van der Waals surface area (Å²) in [4.78, 5) is 42.7. The van der Waals surface area contributed by atoms with Gasteiger partial charge in [-0.25, -0.2) is 4.79 Å². The molecule has 1 fully saturated rings. The Morgan fingerprint density at radius 1 is 1.39 bits per heavy atom. The minimum Gasteiger partial charge on any atom is -0.477 e. The molecule has 16 heteroatoms. The fourth-order valence-electron chi connectivity index (χ4n) is 3.29. The van der Waals surface area contributed by atoms with Crippen LogP contribution in [0, 0.1) is 6.92 Å². The number of fused-ring (bicyclic) bond motifs is 1. The summed E-state index contributed by atoms with van der Waals surface area (Å²) in [6.45, 7) is 1.77. The zero-order chi connectivity index (χ0) is 22.3. The minimum absolute atomic E-state index is 0.0785. The Morgan fingerprint density at radius 3 is 2.74 bits per heavy atom. The number of rotatable bonds is 6. The molecule has 0 radical (unpaired) electrons. The Kier molecular flexibility index (Phi) is 5.59. The van der Waals surface area contributed by atoms with E-state index in [4.69, 9.17) is 5.73 Å². The van der Waals surface area contributed by atoms with Gasteiger partial charge in [0.05, 0.1) is 11.7 Å². The number of nitrogen functional groups attached to an aromatic ring is 1. The first-order valence-corrected chi connectivity index (χ1v) is 11.1. The van der Waals surface area contributed by atoms with Crippen LogP contribution in [-0.2, 0) is 14.4 Å². The number of amides is 2. The normalized spacial score (nSPS) is 21.0. The maximum absolute atomic E-state index is 12.7. The van der Waals surface area contributed by atoms with Gasteiger partial charge in [0.25, 0.3) is 11.8 Å². The molecular weight excluding hydrogens is 468 g/mol. The summed E-state index contributed by atoms with van der Waals surface area (Å²) >= 11 is 3.20. The van der Waals surface area contributed by atoms with Gasteiger partial charge in [-0.05, 0) is 31.3 Å². The molecule has 0 spiro atoms. The molecule has 4 rings (SSSR count). The maximum atomic E-state index is 12.7. The standard InChI is InChI=1S/C15H14N8O5S3/c1-4-14(30-22-19-4)29-6-3-2-5-7(12(25)23(5)9(6)13(26)27)17-11(24)8(20-28)10-18-15(16)31-21-10/h5,7,28H,2-3H2,1H3,(H,17,24)(H,26,27)(H2,16,18,21)/b20-8-/t5-,7+/m1/s1. The maximum Gasteiger partial charge on any atom is 0.353 e. The topological polar surface area (TPSA) is 197 Å². The molecule has 4 heterocycles. The molecule has 2 aromatic rings. The molecule has 13 nitrogen and oxygen atoms in total. The van der Waals surface area contributed by atoms with Gasteiger partial charge in [-0.2, -0.15) is 9.36 Å². The van der Waals surface area contributed by atoms with E-state index >= 15 is 0 Å². The van der Waals surface area contributed by atoms with Crippen molar-refractivity contribution in [2.24, 2.45) is 5.16 Å². The lowest BCUT2D eigenvalue weighted by atomic mass is 9.86. The summed E-state index contributed by atoms with van der Waals surface area (Å²) in [7, 11) is 0. The number of anilines is 1. The number of aromatic nitrogens is 4. The molecule has 2 aliphatic rings. The zero-order valence-electron chi connectivity index (χ0n) is 15.7. The van der Waals surface area contributed by atoms with Gasteiger partial charge in [0, 0.05) is 16.4 Å². The van der Waals surface area contributed by atoms with E-state index in [1.807, 2.05) is 0 Å². The molecule has 0 aromatic carbocycles. The van der Waals surface area contributed by atoms with Gasteiger partial charge in [0.15, 0.2) is 5.13 Å². The van der Waals surface area contributed by atoms with Crippen LogP contribution >= 0.6 is 34.8 Å². The number of carboxylic acids is 1. The highest BCUT2D eigenvalue weighted by molar-refractivity contribution is 8.04. The van der Waals surface area contributed by atoms with E-state index in [2.05, 4.69) is 29.4 Å². The van der Waals surface area contributed by atoms with E-state index in [1.165, 1.54) is 16.7 Å². The van der Waals surface area contributed by atoms with Crippen LogP contribution < -0.4 is 11.1 Å². The van der Waals surface area contributed by atoms with Gasteiger partial charge in [0.1, 0.15) is 15.9 Å². The Morgan fingerprint density at radius 2 is 2.16 bits per heavy atom. The number of carbonyl (C=O) groups is 3. The Bertz CT molecular complexity index is 1140. The summed E-state index contributed by atoms with van der Waals surface area (Å²) in [6.07, 6.45) is 0.837. The Labute approximate surface area is 186 Å². The number of oxime groups is 1. The van der Waals surface area contributed by atoms with Crippen molar-refractivity contribution in [1.29, 1.82) is 0 Å². The highest BCUT2D eigenvalue weighted by atomic mass is 32.2. The number of nitrogens with two attached hydrogens (primary N) is 1. The SMILES string of the molecule is Cc1nnsc1SC1=C(C(=O)O)N2C(=O)[C@@H](NC(=O)/C(=N\O)c3nsc(N)n3)[C@H]2CC1. The lowest BCUT2D eigenvalue weighted by Gasteiger charge is -2.50. The fourth-order valence-corrected chi connectivity index (χ4v) is 5.60. The molecule has 2 atom stereocenters. The molecular formula is C15H14N8O5S3. The molecule has 31 heavy (non-hydrogen) atoms. The van der Waals surface area contributed by atoms with Crippen molar-refractivity contribution >= 4 is 63.5 Å². The van der Waals surface area contributed by atoms with Crippen molar-refractivity contribution in [2.75, 3.05) is 5.73 Å². The first-order chi connectivity index (χ1) is 14.8. The summed E-state index contributed by atoms with van der Waals surface area (Å²) in [5.41, 5.74) is 5.55. The number of hydrogen-bond acceptors (Lipinski definition) is 13. The van der Waals surface area contributed by atoms with E-state index in [9.17, 15) is 24.7 Å². The van der Waals surface area contributed by atoms with Crippen LogP contribution in [0.5, 0.6) is 0 Å².